The molecule has 0 atom stereocenters. The zero-order valence-corrected chi connectivity index (χ0v) is 15.4. The van der Waals surface area contributed by atoms with Crippen molar-refractivity contribution in [2.45, 2.75) is 6.92 Å². The lowest BCUT2D eigenvalue weighted by atomic mass is 10.2. The van der Waals surface area contributed by atoms with E-state index < -0.39 is 17.8 Å². The molecule has 2 aromatic rings. The molecular formula is C18H16Cl2N2O4. The molecule has 136 valence electrons. The molecule has 2 N–H and O–H groups in total. The Morgan fingerprint density at radius 3 is 2.46 bits per heavy atom. The number of nitrogens with one attached hydrogen (secondary N) is 2. The lowest BCUT2D eigenvalue weighted by Gasteiger charge is -2.11. The van der Waals surface area contributed by atoms with E-state index in [0.29, 0.717) is 10.7 Å². The Morgan fingerprint density at radius 2 is 1.77 bits per heavy atom. The molecule has 0 radical (unpaired) electrons. The smallest absolute Gasteiger partial charge is 0.340 e. The molecule has 0 bridgehead atoms. The molecule has 0 fully saturated rings. The Labute approximate surface area is 160 Å². The summed E-state index contributed by atoms with van der Waals surface area (Å²) in [5, 5.41) is 5.62. The molecule has 0 aliphatic carbocycles. The summed E-state index contributed by atoms with van der Waals surface area (Å²) in [6, 6.07) is 10.9. The number of esters is 1. The van der Waals surface area contributed by atoms with Crippen LogP contribution in [0.25, 0.3) is 0 Å². The predicted octanol–water partition coefficient (Wildman–Crippen LogP) is 3.54. The first kappa shape index (κ1) is 19.8. The van der Waals surface area contributed by atoms with Gasteiger partial charge in [0.1, 0.15) is 0 Å². The molecule has 0 heterocycles. The van der Waals surface area contributed by atoms with E-state index >= 15 is 0 Å². The number of ether oxygens (including phenoxy) is 1. The van der Waals surface area contributed by atoms with Gasteiger partial charge in [-0.15, -0.1) is 0 Å². The second kappa shape index (κ2) is 9.22. The summed E-state index contributed by atoms with van der Waals surface area (Å²) in [5.41, 5.74) is 0.817. The molecule has 6 nitrogen and oxygen atoms in total. The average molecular weight is 395 g/mol. The van der Waals surface area contributed by atoms with E-state index in [2.05, 4.69) is 10.6 Å². The third-order valence-corrected chi connectivity index (χ3v) is 4.03. The number of anilines is 1. The number of hydrogen-bond donors (Lipinski definition) is 2. The maximum atomic E-state index is 12.1. The highest BCUT2D eigenvalue weighted by atomic mass is 35.5. The lowest BCUT2D eigenvalue weighted by Crippen LogP contribution is -2.33. The predicted molar refractivity (Wildman–Crippen MR) is 99.8 cm³/mol. The van der Waals surface area contributed by atoms with Crippen LogP contribution >= 0.6 is 23.2 Å². The van der Waals surface area contributed by atoms with E-state index in [1.54, 1.807) is 31.2 Å². The number of benzene rings is 2. The molecule has 0 aromatic heterocycles. The van der Waals surface area contributed by atoms with Crippen LogP contribution in [0.2, 0.25) is 10.0 Å². The highest BCUT2D eigenvalue weighted by Crippen LogP contribution is 2.22. The summed E-state index contributed by atoms with van der Waals surface area (Å²) in [4.78, 5) is 36.0. The minimum absolute atomic E-state index is 0.223. The minimum atomic E-state index is -0.539. The topological polar surface area (TPSA) is 84.5 Å². The fourth-order valence-corrected chi connectivity index (χ4v) is 2.37. The standard InChI is InChI=1S/C18H16Cl2N2O4/c1-2-26-18(25)12-5-3-4-6-15(12)22-16(23)10-21-17(24)11-7-8-13(19)14(20)9-11/h3-9H,2,10H2,1H3,(H,21,24)(H,22,23). The molecule has 2 rings (SSSR count). The first-order valence-corrected chi connectivity index (χ1v) is 8.47. The minimum Gasteiger partial charge on any atom is -0.462 e. The van der Waals surface area contributed by atoms with Crippen LogP contribution in [0.4, 0.5) is 5.69 Å². The maximum absolute atomic E-state index is 12.1. The third-order valence-electron chi connectivity index (χ3n) is 3.29. The van der Waals surface area contributed by atoms with Gasteiger partial charge in [0.2, 0.25) is 5.91 Å². The van der Waals surface area contributed by atoms with Crippen molar-refractivity contribution < 1.29 is 19.1 Å². The number of para-hydroxylation sites is 1. The van der Waals surface area contributed by atoms with Crippen LogP contribution in [0.1, 0.15) is 27.6 Å². The van der Waals surface area contributed by atoms with Crippen molar-refractivity contribution in [3.8, 4) is 0 Å². The van der Waals surface area contributed by atoms with Crippen LogP contribution in [0.3, 0.4) is 0 Å². The Hall–Kier alpha value is -2.57. The zero-order chi connectivity index (χ0) is 19.1. The Morgan fingerprint density at radius 1 is 1.04 bits per heavy atom. The van der Waals surface area contributed by atoms with E-state index in [9.17, 15) is 14.4 Å². The van der Waals surface area contributed by atoms with Crippen molar-refractivity contribution in [2.75, 3.05) is 18.5 Å². The van der Waals surface area contributed by atoms with Crippen LogP contribution in [0.5, 0.6) is 0 Å². The number of rotatable bonds is 6. The number of halogens is 2. The van der Waals surface area contributed by atoms with Crippen molar-refractivity contribution in [1.82, 2.24) is 5.32 Å². The van der Waals surface area contributed by atoms with Crippen molar-refractivity contribution in [2.24, 2.45) is 0 Å². The summed E-state index contributed by atoms with van der Waals surface area (Å²) in [7, 11) is 0. The van der Waals surface area contributed by atoms with Gasteiger partial charge in [0.05, 0.1) is 34.4 Å². The molecule has 0 spiro atoms. The van der Waals surface area contributed by atoms with Gasteiger partial charge in [-0.1, -0.05) is 35.3 Å². The monoisotopic (exact) mass is 394 g/mol. The molecule has 0 saturated carbocycles. The molecule has 0 aliphatic heterocycles. The van der Waals surface area contributed by atoms with E-state index in [-0.39, 0.29) is 29.3 Å². The van der Waals surface area contributed by atoms with Gasteiger partial charge in [-0.25, -0.2) is 4.79 Å². The fourth-order valence-electron chi connectivity index (χ4n) is 2.07. The van der Waals surface area contributed by atoms with Crippen LogP contribution in [0, 0.1) is 0 Å². The quantitative estimate of drug-likeness (QED) is 0.733. The molecule has 0 aliphatic rings. The van der Waals surface area contributed by atoms with E-state index in [1.165, 1.54) is 18.2 Å². The second-order valence-corrected chi connectivity index (χ2v) is 5.94. The van der Waals surface area contributed by atoms with Gasteiger partial charge in [-0.05, 0) is 37.3 Å². The van der Waals surface area contributed by atoms with Gasteiger partial charge in [-0.2, -0.15) is 0 Å². The maximum Gasteiger partial charge on any atom is 0.340 e. The second-order valence-electron chi connectivity index (χ2n) is 5.13. The van der Waals surface area contributed by atoms with Crippen molar-refractivity contribution in [3.05, 3.63) is 63.6 Å². The number of amides is 2. The first-order valence-electron chi connectivity index (χ1n) is 7.71. The molecule has 2 aromatic carbocycles. The SMILES string of the molecule is CCOC(=O)c1ccccc1NC(=O)CNC(=O)c1ccc(Cl)c(Cl)c1. The molecule has 0 unspecified atom stereocenters. The Bertz CT molecular complexity index is 840. The van der Waals surface area contributed by atoms with Gasteiger partial charge < -0.3 is 15.4 Å². The lowest BCUT2D eigenvalue weighted by molar-refractivity contribution is -0.115. The van der Waals surface area contributed by atoms with Crippen LogP contribution in [-0.4, -0.2) is 30.9 Å². The fraction of sp³-hybridized carbons (Fsp3) is 0.167. The summed E-state index contributed by atoms with van der Waals surface area (Å²) >= 11 is 11.7. The Balaban J connectivity index is 1.98. The molecule has 8 heteroatoms. The number of carbonyl (C=O) groups excluding carboxylic acids is 3. The summed E-state index contributed by atoms with van der Waals surface area (Å²) in [6.07, 6.45) is 0. The van der Waals surface area contributed by atoms with Crippen LogP contribution < -0.4 is 10.6 Å². The molecule has 0 saturated heterocycles. The summed E-state index contributed by atoms with van der Waals surface area (Å²) in [5.74, 6) is -1.50. The third kappa shape index (κ3) is 5.21. The van der Waals surface area contributed by atoms with Crippen molar-refractivity contribution >= 4 is 46.7 Å². The average Bonchev–Trinajstić information content (AvgIpc) is 2.62. The highest BCUT2D eigenvalue weighted by Gasteiger charge is 2.15. The van der Waals surface area contributed by atoms with Gasteiger partial charge in [0.15, 0.2) is 0 Å². The molecule has 26 heavy (non-hydrogen) atoms. The van der Waals surface area contributed by atoms with Gasteiger partial charge in [-0.3, -0.25) is 9.59 Å². The molecular weight excluding hydrogens is 379 g/mol. The van der Waals surface area contributed by atoms with Crippen molar-refractivity contribution in [3.63, 3.8) is 0 Å². The van der Waals surface area contributed by atoms with Crippen molar-refractivity contribution in [1.29, 1.82) is 0 Å². The van der Waals surface area contributed by atoms with Gasteiger partial charge in [0, 0.05) is 5.56 Å². The van der Waals surface area contributed by atoms with E-state index in [1.807, 2.05) is 0 Å². The zero-order valence-electron chi connectivity index (χ0n) is 13.8. The first-order chi connectivity index (χ1) is 12.4. The highest BCUT2D eigenvalue weighted by molar-refractivity contribution is 6.42. The van der Waals surface area contributed by atoms with Gasteiger partial charge in [0.25, 0.3) is 5.91 Å². The number of carbonyl (C=O) groups is 3. The molecule has 2 amide bonds. The summed E-state index contributed by atoms with van der Waals surface area (Å²) < 4.78 is 4.94. The normalized spacial score (nSPS) is 10.1. The van der Waals surface area contributed by atoms with Gasteiger partial charge >= 0.3 is 5.97 Å². The largest absolute Gasteiger partial charge is 0.462 e. The Kier molecular flexibility index (Phi) is 7.00. The summed E-state index contributed by atoms with van der Waals surface area (Å²) in [6.45, 7) is 1.63. The number of hydrogen-bond acceptors (Lipinski definition) is 4. The van der Waals surface area contributed by atoms with Crippen LogP contribution in [-0.2, 0) is 9.53 Å². The van der Waals surface area contributed by atoms with E-state index in [4.69, 9.17) is 27.9 Å². The van der Waals surface area contributed by atoms with Crippen LogP contribution in [0.15, 0.2) is 42.5 Å². The van der Waals surface area contributed by atoms with E-state index in [0.717, 1.165) is 0 Å².